The maximum Gasteiger partial charge on any atom is 0.114 e. The van der Waals surface area contributed by atoms with Gasteiger partial charge in [0, 0.05) is 0 Å². The average molecular weight is 120 g/mol. The first-order valence-electron chi connectivity index (χ1n) is 2.64. The second kappa shape index (κ2) is 4.01. The first kappa shape index (κ1) is 8.08. The van der Waals surface area contributed by atoms with Gasteiger partial charge in [-0.05, 0) is 19.1 Å². The number of aliphatic hydroxyl groups is 1. The Morgan fingerprint density at radius 1 is 1.67 bits per heavy atom. The Bertz CT molecular complexity index is 156. The highest BCUT2D eigenvalue weighted by molar-refractivity contribution is 6.23. The number of allylic oxidation sites excluding steroid dienone is 4. The van der Waals surface area contributed by atoms with Gasteiger partial charge in [-0.2, -0.15) is 0 Å². The molecule has 0 fully saturated rings. The summed E-state index contributed by atoms with van der Waals surface area (Å²) in [5.74, 6) is 0.130. The van der Waals surface area contributed by atoms with Crippen molar-refractivity contribution in [2.75, 3.05) is 0 Å². The van der Waals surface area contributed by atoms with E-state index in [0.29, 0.717) is 5.47 Å². The van der Waals surface area contributed by atoms with Gasteiger partial charge < -0.3 is 5.11 Å². The van der Waals surface area contributed by atoms with Crippen molar-refractivity contribution < 1.29 is 5.11 Å². The molecule has 0 heterocycles. The van der Waals surface area contributed by atoms with Crippen LogP contribution in [0.3, 0.4) is 0 Å². The van der Waals surface area contributed by atoms with E-state index >= 15 is 0 Å². The van der Waals surface area contributed by atoms with Crippen LogP contribution in [0.2, 0.25) is 0 Å². The molecule has 2 radical (unpaired) electrons. The van der Waals surface area contributed by atoms with E-state index in [1.54, 1.807) is 6.08 Å². The molecule has 46 valence electrons. The molecule has 0 aromatic rings. The molecule has 0 amide bonds. The van der Waals surface area contributed by atoms with Crippen molar-refractivity contribution in [3.8, 4) is 0 Å². The van der Waals surface area contributed by atoms with Crippen LogP contribution in [0.25, 0.3) is 0 Å². The van der Waals surface area contributed by atoms with Crippen LogP contribution in [0.4, 0.5) is 0 Å². The van der Waals surface area contributed by atoms with Gasteiger partial charge in [0.15, 0.2) is 0 Å². The Kier molecular flexibility index (Phi) is 3.61. The fourth-order valence-corrected chi connectivity index (χ4v) is 0.409. The van der Waals surface area contributed by atoms with E-state index < -0.39 is 0 Å². The van der Waals surface area contributed by atoms with E-state index in [9.17, 15) is 0 Å². The van der Waals surface area contributed by atoms with Crippen molar-refractivity contribution in [2.45, 2.75) is 6.92 Å². The molecule has 0 saturated carbocycles. The molecule has 0 saturated heterocycles. The van der Waals surface area contributed by atoms with Crippen LogP contribution in [0.5, 0.6) is 0 Å². The highest BCUT2D eigenvalue weighted by Crippen LogP contribution is 1.94. The van der Waals surface area contributed by atoms with Crippen molar-refractivity contribution in [3.05, 3.63) is 36.0 Å². The zero-order chi connectivity index (χ0) is 7.28. The molecule has 0 spiro atoms. The molecule has 0 aliphatic heterocycles. The Morgan fingerprint density at radius 3 is 2.56 bits per heavy atom. The summed E-state index contributed by atoms with van der Waals surface area (Å²) in [5.41, 5.74) is 0.352. The van der Waals surface area contributed by atoms with Crippen LogP contribution >= 0.6 is 0 Å². The molecular formula is C7H9BO. The zero-order valence-corrected chi connectivity index (χ0v) is 5.46. The van der Waals surface area contributed by atoms with Crippen LogP contribution in [0, 0.1) is 0 Å². The summed E-state index contributed by atoms with van der Waals surface area (Å²) in [5, 5.41) is 8.85. The maximum absolute atomic E-state index is 8.85. The van der Waals surface area contributed by atoms with Crippen molar-refractivity contribution >= 4 is 7.85 Å². The molecular weight excluding hydrogens is 111 g/mol. The summed E-state index contributed by atoms with van der Waals surface area (Å²) < 4.78 is 0. The average Bonchev–Trinajstić information content (AvgIpc) is 1.63. The summed E-state index contributed by atoms with van der Waals surface area (Å²) in [6, 6.07) is 0. The third-order valence-corrected chi connectivity index (χ3v) is 0.671. The summed E-state index contributed by atoms with van der Waals surface area (Å²) in [4.78, 5) is 0. The quantitative estimate of drug-likeness (QED) is 0.334. The molecule has 0 unspecified atom stereocenters. The van der Waals surface area contributed by atoms with Gasteiger partial charge in [0.25, 0.3) is 0 Å². The van der Waals surface area contributed by atoms with Crippen LogP contribution in [0.15, 0.2) is 36.0 Å². The predicted molar refractivity (Wildman–Crippen MR) is 40.4 cm³/mol. The zero-order valence-electron chi connectivity index (χ0n) is 5.46. The fraction of sp³-hybridized carbons (Fsp3) is 0.143. The minimum Gasteiger partial charge on any atom is -0.508 e. The molecule has 1 nitrogen and oxygen atoms in total. The second-order valence-electron chi connectivity index (χ2n) is 1.64. The SMILES string of the molecule is [B]C(=C)/C=C(O)\C=C/C. The van der Waals surface area contributed by atoms with Gasteiger partial charge in [-0.15, -0.1) is 12.1 Å². The Morgan fingerprint density at radius 2 is 2.22 bits per heavy atom. The number of rotatable bonds is 2. The first-order chi connectivity index (χ1) is 4.16. The van der Waals surface area contributed by atoms with Gasteiger partial charge in [-0.1, -0.05) is 6.08 Å². The van der Waals surface area contributed by atoms with Crippen LogP contribution in [-0.4, -0.2) is 13.0 Å². The van der Waals surface area contributed by atoms with Gasteiger partial charge in [0.1, 0.15) is 13.6 Å². The van der Waals surface area contributed by atoms with E-state index in [1.165, 1.54) is 12.2 Å². The third kappa shape index (κ3) is 4.95. The molecule has 0 aliphatic rings. The van der Waals surface area contributed by atoms with Crippen molar-refractivity contribution in [2.24, 2.45) is 0 Å². The highest BCUT2D eigenvalue weighted by atomic mass is 16.3. The molecule has 0 aliphatic carbocycles. The van der Waals surface area contributed by atoms with Crippen LogP contribution in [0.1, 0.15) is 6.92 Å². The van der Waals surface area contributed by atoms with Crippen molar-refractivity contribution in [1.29, 1.82) is 0 Å². The third-order valence-electron chi connectivity index (χ3n) is 0.671. The van der Waals surface area contributed by atoms with Gasteiger partial charge in [0.2, 0.25) is 0 Å². The predicted octanol–water partition coefficient (Wildman–Crippen LogP) is 1.69. The topological polar surface area (TPSA) is 20.2 Å². The van der Waals surface area contributed by atoms with Crippen LogP contribution < -0.4 is 0 Å². The van der Waals surface area contributed by atoms with Gasteiger partial charge >= 0.3 is 0 Å². The molecule has 0 atom stereocenters. The number of hydrogen-bond donors (Lipinski definition) is 1. The normalized spacial score (nSPS) is 12.3. The number of aliphatic hydroxyl groups excluding tert-OH is 1. The minimum absolute atomic E-state index is 0.130. The lowest BCUT2D eigenvalue weighted by atomic mass is 9.97. The molecule has 0 aromatic carbocycles. The van der Waals surface area contributed by atoms with Crippen molar-refractivity contribution in [3.63, 3.8) is 0 Å². The standard InChI is InChI=1S/C7H9BO/c1-3-4-7(9)5-6(2)8/h3-5,9H,2H2,1H3/b4-3-,7-5+. The first-order valence-corrected chi connectivity index (χ1v) is 2.64. The summed E-state index contributed by atoms with van der Waals surface area (Å²) in [6.07, 6.45) is 4.65. The Labute approximate surface area is 56.8 Å². The lowest BCUT2D eigenvalue weighted by Crippen LogP contribution is -1.76. The molecule has 0 rings (SSSR count). The van der Waals surface area contributed by atoms with Crippen LogP contribution in [-0.2, 0) is 0 Å². The van der Waals surface area contributed by atoms with Gasteiger partial charge in [-0.3, -0.25) is 0 Å². The van der Waals surface area contributed by atoms with Gasteiger partial charge in [0.05, 0.1) is 0 Å². The Balaban J connectivity index is 4.00. The molecule has 9 heavy (non-hydrogen) atoms. The lowest BCUT2D eigenvalue weighted by Gasteiger charge is -1.88. The summed E-state index contributed by atoms with van der Waals surface area (Å²) in [7, 11) is 5.16. The van der Waals surface area contributed by atoms with E-state index in [1.807, 2.05) is 6.92 Å². The van der Waals surface area contributed by atoms with E-state index in [4.69, 9.17) is 13.0 Å². The highest BCUT2D eigenvalue weighted by Gasteiger charge is 1.81. The van der Waals surface area contributed by atoms with E-state index in [2.05, 4.69) is 6.58 Å². The molecule has 2 heteroatoms. The van der Waals surface area contributed by atoms with E-state index in [-0.39, 0.29) is 5.76 Å². The monoisotopic (exact) mass is 120 g/mol. The summed E-state index contributed by atoms with van der Waals surface area (Å²) in [6.45, 7) is 5.19. The minimum atomic E-state index is 0.130. The summed E-state index contributed by atoms with van der Waals surface area (Å²) >= 11 is 0. The van der Waals surface area contributed by atoms with E-state index in [0.717, 1.165) is 0 Å². The lowest BCUT2D eigenvalue weighted by molar-refractivity contribution is 0.432. The molecule has 0 aromatic heterocycles. The largest absolute Gasteiger partial charge is 0.508 e. The Hall–Kier alpha value is -0.915. The molecule has 0 bridgehead atoms. The smallest absolute Gasteiger partial charge is 0.114 e. The number of hydrogen-bond acceptors (Lipinski definition) is 1. The fourth-order valence-electron chi connectivity index (χ4n) is 0.409. The second-order valence-corrected chi connectivity index (χ2v) is 1.64. The molecule has 1 N–H and O–H groups in total. The maximum atomic E-state index is 8.85. The van der Waals surface area contributed by atoms with Gasteiger partial charge in [-0.25, -0.2) is 0 Å². The van der Waals surface area contributed by atoms with Crippen molar-refractivity contribution in [1.82, 2.24) is 0 Å².